The predicted molar refractivity (Wildman–Crippen MR) is 52.7 cm³/mol. The zero-order valence-electron chi connectivity index (χ0n) is 7.88. The molecule has 16 heavy (non-hydrogen) atoms. The molecule has 0 bridgehead atoms. The second-order valence-electron chi connectivity index (χ2n) is 3.50. The van der Waals surface area contributed by atoms with Crippen LogP contribution >= 0.6 is 15.9 Å². The number of pyridine rings is 1. The molecule has 1 aliphatic heterocycles. The van der Waals surface area contributed by atoms with Crippen molar-refractivity contribution in [2.24, 2.45) is 0 Å². The lowest BCUT2D eigenvalue weighted by Gasteiger charge is -2.38. The number of halogens is 4. The molecule has 0 unspecified atom stereocenters. The highest BCUT2D eigenvalue weighted by Crippen LogP contribution is 2.28. The first-order chi connectivity index (χ1) is 7.39. The number of carbonyl (C=O) groups excluding carboxylic acids is 1. The number of hydrogen-bond acceptors (Lipinski definition) is 2. The Hall–Kier alpha value is -1.11. The van der Waals surface area contributed by atoms with Crippen molar-refractivity contribution in [1.82, 2.24) is 9.88 Å². The van der Waals surface area contributed by atoms with E-state index >= 15 is 0 Å². The van der Waals surface area contributed by atoms with Crippen LogP contribution in [0.5, 0.6) is 0 Å². The van der Waals surface area contributed by atoms with Gasteiger partial charge in [0.1, 0.15) is 0 Å². The summed E-state index contributed by atoms with van der Waals surface area (Å²) >= 11 is 2.98. The van der Waals surface area contributed by atoms with Crippen molar-refractivity contribution in [1.29, 1.82) is 0 Å². The van der Waals surface area contributed by atoms with Crippen molar-refractivity contribution in [2.75, 3.05) is 13.1 Å². The summed E-state index contributed by atoms with van der Waals surface area (Å²) in [7, 11) is 0. The fourth-order valence-corrected chi connectivity index (χ4v) is 1.68. The lowest BCUT2D eigenvalue weighted by Crippen LogP contribution is -2.58. The Morgan fingerprint density at radius 2 is 2.12 bits per heavy atom. The molecule has 1 fully saturated rings. The quantitative estimate of drug-likeness (QED) is 0.794. The molecule has 0 N–H and O–H groups in total. The molecule has 7 heteroatoms. The Bertz CT molecular complexity index is 444. The molecule has 0 aromatic carbocycles. The van der Waals surface area contributed by atoms with Gasteiger partial charge in [0.2, 0.25) is 0 Å². The predicted octanol–water partition coefficient (Wildman–Crippen LogP) is 2.07. The van der Waals surface area contributed by atoms with Crippen molar-refractivity contribution in [3.8, 4) is 0 Å². The van der Waals surface area contributed by atoms with Crippen LogP contribution in [0.25, 0.3) is 0 Å². The van der Waals surface area contributed by atoms with E-state index in [2.05, 4.69) is 20.9 Å². The van der Waals surface area contributed by atoms with Gasteiger partial charge in [0.25, 0.3) is 11.8 Å². The molecule has 0 radical (unpaired) electrons. The summed E-state index contributed by atoms with van der Waals surface area (Å²) < 4.78 is 38.7. The Morgan fingerprint density at radius 3 is 2.62 bits per heavy atom. The second-order valence-corrected chi connectivity index (χ2v) is 4.42. The Balaban J connectivity index is 2.16. The molecule has 2 rings (SSSR count). The summed E-state index contributed by atoms with van der Waals surface area (Å²) in [5, 5.41) is 0. The summed E-state index contributed by atoms with van der Waals surface area (Å²) in [6, 6.07) is 1.07. The van der Waals surface area contributed by atoms with E-state index in [9.17, 15) is 18.0 Å². The first kappa shape index (κ1) is 11.4. The van der Waals surface area contributed by atoms with Gasteiger partial charge >= 0.3 is 0 Å². The monoisotopic (exact) mass is 294 g/mol. The molecule has 1 aromatic rings. The Labute approximate surface area is 97.4 Å². The molecule has 1 saturated heterocycles. The van der Waals surface area contributed by atoms with Gasteiger partial charge in [0.15, 0.2) is 11.5 Å². The molecule has 0 atom stereocenters. The molecule has 1 aromatic heterocycles. The average molecular weight is 295 g/mol. The molecular formula is C9H6BrF3N2O. The van der Waals surface area contributed by atoms with E-state index in [4.69, 9.17) is 0 Å². The van der Waals surface area contributed by atoms with Crippen LogP contribution in [0, 0.1) is 5.82 Å². The minimum Gasteiger partial charge on any atom is -0.325 e. The number of hydrogen-bond donors (Lipinski definition) is 0. The van der Waals surface area contributed by atoms with Crippen LogP contribution in [-0.4, -0.2) is 34.8 Å². The molecule has 1 amide bonds. The molecule has 86 valence electrons. The third-order valence-electron chi connectivity index (χ3n) is 2.14. The summed E-state index contributed by atoms with van der Waals surface area (Å²) in [6.45, 7) is -1.36. The van der Waals surface area contributed by atoms with Crippen molar-refractivity contribution in [3.63, 3.8) is 0 Å². The van der Waals surface area contributed by atoms with E-state index in [1.165, 1.54) is 6.20 Å². The van der Waals surface area contributed by atoms with E-state index in [0.29, 0.717) is 4.47 Å². The normalized spacial score (nSPS) is 18.1. The first-order valence-electron chi connectivity index (χ1n) is 4.37. The van der Waals surface area contributed by atoms with Crippen molar-refractivity contribution in [2.45, 2.75) is 5.92 Å². The average Bonchev–Trinajstić information content (AvgIpc) is 2.13. The van der Waals surface area contributed by atoms with Crippen LogP contribution in [0.1, 0.15) is 10.5 Å². The molecule has 1 aliphatic rings. The van der Waals surface area contributed by atoms with Gasteiger partial charge in [-0.25, -0.2) is 18.2 Å². The summed E-state index contributed by atoms with van der Waals surface area (Å²) in [5.74, 6) is -4.49. The Kier molecular flexibility index (Phi) is 2.65. The third kappa shape index (κ3) is 2.04. The maximum Gasteiger partial charge on any atom is 0.282 e. The molecule has 3 nitrogen and oxygen atoms in total. The van der Waals surface area contributed by atoms with Crippen LogP contribution in [0.2, 0.25) is 0 Å². The first-order valence-corrected chi connectivity index (χ1v) is 5.16. The number of likely N-dealkylation sites (tertiary alicyclic amines) is 1. The summed E-state index contributed by atoms with van der Waals surface area (Å²) in [5.41, 5.74) is -0.432. The fourth-order valence-electron chi connectivity index (χ4n) is 1.38. The van der Waals surface area contributed by atoms with Gasteiger partial charge < -0.3 is 4.90 Å². The number of nitrogens with zero attached hydrogens (tertiary/aromatic N) is 2. The lowest BCUT2D eigenvalue weighted by molar-refractivity contribution is -0.113. The van der Waals surface area contributed by atoms with E-state index < -0.39 is 36.4 Å². The van der Waals surface area contributed by atoms with Crippen LogP contribution < -0.4 is 0 Å². The minimum atomic E-state index is -2.86. The molecule has 2 heterocycles. The maximum atomic E-state index is 13.3. The SMILES string of the molecule is O=C(c1ncc(Br)cc1F)N1CC(F)(F)C1. The van der Waals surface area contributed by atoms with E-state index in [1.54, 1.807) is 0 Å². The molecule has 0 aliphatic carbocycles. The van der Waals surface area contributed by atoms with Crippen molar-refractivity contribution >= 4 is 21.8 Å². The van der Waals surface area contributed by atoms with Crippen LogP contribution in [0.4, 0.5) is 13.2 Å². The zero-order valence-corrected chi connectivity index (χ0v) is 9.47. The number of carbonyl (C=O) groups is 1. The Morgan fingerprint density at radius 1 is 1.50 bits per heavy atom. The van der Waals surface area contributed by atoms with Gasteiger partial charge in [0, 0.05) is 10.7 Å². The highest BCUT2D eigenvalue weighted by Gasteiger charge is 2.47. The highest BCUT2D eigenvalue weighted by molar-refractivity contribution is 9.10. The van der Waals surface area contributed by atoms with Crippen LogP contribution in [0.15, 0.2) is 16.7 Å². The van der Waals surface area contributed by atoms with Gasteiger partial charge in [-0.05, 0) is 22.0 Å². The van der Waals surface area contributed by atoms with Gasteiger partial charge in [-0.15, -0.1) is 0 Å². The fraction of sp³-hybridized carbons (Fsp3) is 0.333. The van der Waals surface area contributed by atoms with E-state index in [1.807, 2.05) is 0 Å². The largest absolute Gasteiger partial charge is 0.325 e. The maximum absolute atomic E-state index is 13.3. The number of alkyl halides is 2. The number of aromatic nitrogens is 1. The van der Waals surface area contributed by atoms with Gasteiger partial charge in [0.05, 0.1) is 13.1 Å². The topological polar surface area (TPSA) is 33.2 Å². The van der Waals surface area contributed by atoms with Gasteiger partial charge in [-0.2, -0.15) is 0 Å². The summed E-state index contributed by atoms with van der Waals surface area (Å²) in [6.07, 6.45) is 1.24. The van der Waals surface area contributed by atoms with Gasteiger partial charge in [-0.1, -0.05) is 0 Å². The van der Waals surface area contributed by atoms with Crippen molar-refractivity contribution in [3.05, 3.63) is 28.2 Å². The van der Waals surface area contributed by atoms with Gasteiger partial charge in [-0.3, -0.25) is 4.79 Å². The molecule has 0 spiro atoms. The van der Waals surface area contributed by atoms with Crippen LogP contribution in [-0.2, 0) is 0 Å². The smallest absolute Gasteiger partial charge is 0.282 e. The molecule has 0 saturated carbocycles. The molecular weight excluding hydrogens is 289 g/mol. The number of amides is 1. The zero-order chi connectivity index (χ0) is 11.9. The van der Waals surface area contributed by atoms with Crippen LogP contribution in [0.3, 0.4) is 0 Å². The van der Waals surface area contributed by atoms with E-state index in [0.717, 1.165) is 11.0 Å². The second kappa shape index (κ2) is 3.73. The third-order valence-corrected chi connectivity index (χ3v) is 2.58. The summed E-state index contributed by atoms with van der Waals surface area (Å²) in [4.78, 5) is 16.0. The minimum absolute atomic E-state index is 0.385. The van der Waals surface area contributed by atoms with Crippen molar-refractivity contribution < 1.29 is 18.0 Å². The standard InChI is InChI=1S/C9H6BrF3N2O/c10-5-1-6(11)7(14-2-5)8(16)15-3-9(12,13)4-15/h1-2H,3-4H2. The number of rotatable bonds is 1. The lowest BCUT2D eigenvalue weighted by atomic mass is 10.1. The van der Waals surface area contributed by atoms with E-state index in [-0.39, 0.29) is 0 Å². The highest BCUT2D eigenvalue weighted by atomic mass is 79.9.